The van der Waals surface area contributed by atoms with Gasteiger partial charge in [0.15, 0.2) is 0 Å². The average Bonchev–Trinajstić information content (AvgIpc) is 2.90. The van der Waals surface area contributed by atoms with E-state index in [1.54, 1.807) is 17.1 Å². The summed E-state index contributed by atoms with van der Waals surface area (Å²) >= 11 is 12.1. The van der Waals surface area contributed by atoms with E-state index in [0.717, 1.165) is 29.1 Å². The minimum atomic E-state index is -4.39. The minimum absolute atomic E-state index is 0.421. The van der Waals surface area contributed by atoms with E-state index in [0.29, 0.717) is 28.8 Å². The SMILES string of the molecule is CC1=C(Cc2ccc(Cl)cc2Cl)CN(c2ccc(C(F)(F)F)cn2)N1. The van der Waals surface area contributed by atoms with Crippen LogP contribution in [-0.2, 0) is 12.6 Å². The summed E-state index contributed by atoms with van der Waals surface area (Å²) in [6.45, 7) is 2.41. The Kier molecular flexibility index (Phi) is 4.84. The smallest absolute Gasteiger partial charge is 0.301 e. The van der Waals surface area contributed by atoms with E-state index in [9.17, 15) is 13.2 Å². The van der Waals surface area contributed by atoms with Crippen molar-refractivity contribution in [2.45, 2.75) is 19.5 Å². The number of hydrogen-bond acceptors (Lipinski definition) is 3. The fourth-order valence-corrected chi connectivity index (χ4v) is 3.04. The number of benzene rings is 1. The highest BCUT2D eigenvalue weighted by molar-refractivity contribution is 6.35. The highest BCUT2D eigenvalue weighted by atomic mass is 35.5. The molecule has 0 radical (unpaired) electrons. The van der Waals surface area contributed by atoms with Gasteiger partial charge in [-0.3, -0.25) is 5.01 Å². The van der Waals surface area contributed by atoms with Gasteiger partial charge in [0.05, 0.1) is 12.1 Å². The molecule has 8 heteroatoms. The Balaban J connectivity index is 1.73. The normalized spacial score (nSPS) is 14.9. The third kappa shape index (κ3) is 4.02. The van der Waals surface area contributed by atoms with Crippen LogP contribution in [-0.4, -0.2) is 11.5 Å². The van der Waals surface area contributed by atoms with E-state index >= 15 is 0 Å². The number of allylic oxidation sites excluding steroid dienone is 1. The van der Waals surface area contributed by atoms with Crippen molar-refractivity contribution in [1.29, 1.82) is 0 Å². The van der Waals surface area contributed by atoms with E-state index < -0.39 is 11.7 Å². The third-order valence-corrected chi connectivity index (χ3v) is 4.54. The third-order valence-electron chi connectivity index (χ3n) is 3.95. The lowest BCUT2D eigenvalue weighted by atomic mass is 10.0. The number of halogens is 5. The number of rotatable bonds is 3. The summed E-state index contributed by atoms with van der Waals surface area (Å²) in [6, 6.07) is 7.70. The van der Waals surface area contributed by atoms with E-state index in [1.165, 1.54) is 6.07 Å². The molecule has 1 aliphatic rings. The Bertz CT molecular complexity index is 817. The molecule has 3 nitrogen and oxygen atoms in total. The summed E-state index contributed by atoms with van der Waals surface area (Å²) in [5.41, 5.74) is 5.29. The topological polar surface area (TPSA) is 28.2 Å². The molecular formula is C17H14Cl2F3N3. The first-order valence-corrected chi connectivity index (χ1v) is 8.19. The first-order chi connectivity index (χ1) is 11.7. The van der Waals surface area contributed by atoms with Gasteiger partial charge in [0, 0.05) is 21.9 Å². The number of aromatic nitrogens is 1. The maximum atomic E-state index is 12.6. The van der Waals surface area contributed by atoms with Crippen LogP contribution in [0.3, 0.4) is 0 Å². The Morgan fingerprint density at radius 3 is 2.56 bits per heavy atom. The highest BCUT2D eigenvalue weighted by Crippen LogP contribution is 2.30. The van der Waals surface area contributed by atoms with Crippen LogP contribution in [0.4, 0.5) is 19.0 Å². The van der Waals surface area contributed by atoms with Gasteiger partial charge >= 0.3 is 6.18 Å². The van der Waals surface area contributed by atoms with Crippen molar-refractivity contribution in [3.8, 4) is 0 Å². The molecule has 0 spiro atoms. The summed E-state index contributed by atoms with van der Waals surface area (Å²) in [6.07, 6.45) is -2.94. The summed E-state index contributed by atoms with van der Waals surface area (Å²) in [7, 11) is 0. The number of hydrogen-bond donors (Lipinski definition) is 1. The quantitative estimate of drug-likeness (QED) is 0.779. The molecule has 0 saturated carbocycles. The van der Waals surface area contributed by atoms with Gasteiger partial charge in [0.1, 0.15) is 5.82 Å². The average molecular weight is 388 g/mol. The van der Waals surface area contributed by atoms with Crippen LogP contribution < -0.4 is 10.4 Å². The van der Waals surface area contributed by atoms with Crippen molar-refractivity contribution in [3.63, 3.8) is 0 Å². The maximum Gasteiger partial charge on any atom is 0.417 e. The molecule has 0 unspecified atom stereocenters. The monoisotopic (exact) mass is 387 g/mol. The van der Waals surface area contributed by atoms with Crippen molar-refractivity contribution < 1.29 is 13.2 Å². The predicted octanol–water partition coefficient (Wildman–Crippen LogP) is 5.25. The second kappa shape index (κ2) is 6.77. The Morgan fingerprint density at radius 1 is 1.20 bits per heavy atom. The lowest BCUT2D eigenvalue weighted by molar-refractivity contribution is -0.137. The molecule has 25 heavy (non-hydrogen) atoms. The second-order valence-corrected chi connectivity index (χ2v) is 6.59. The lowest BCUT2D eigenvalue weighted by Gasteiger charge is -2.19. The Hall–Kier alpha value is -1.92. The molecular weight excluding hydrogens is 374 g/mol. The zero-order chi connectivity index (χ0) is 18.2. The molecule has 1 aromatic heterocycles. The molecule has 0 aliphatic carbocycles. The zero-order valence-corrected chi connectivity index (χ0v) is 14.7. The van der Waals surface area contributed by atoms with Gasteiger partial charge in [0.25, 0.3) is 0 Å². The van der Waals surface area contributed by atoms with Crippen molar-refractivity contribution in [2.75, 3.05) is 11.6 Å². The molecule has 3 rings (SSSR count). The van der Waals surface area contributed by atoms with Crippen LogP contribution in [0.5, 0.6) is 0 Å². The molecule has 0 amide bonds. The number of nitrogens with one attached hydrogen (secondary N) is 1. The van der Waals surface area contributed by atoms with Crippen molar-refractivity contribution in [3.05, 3.63) is 69.0 Å². The predicted molar refractivity (Wildman–Crippen MR) is 92.6 cm³/mol. The fourth-order valence-electron chi connectivity index (χ4n) is 2.57. The van der Waals surface area contributed by atoms with Gasteiger partial charge in [-0.25, -0.2) is 4.98 Å². The van der Waals surface area contributed by atoms with Crippen LogP contribution in [0.25, 0.3) is 0 Å². The summed E-state index contributed by atoms with van der Waals surface area (Å²) in [4.78, 5) is 3.91. The van der Waals surface area contributed by atoms with E-state index in [-0.39, 0.29) is 0 Å². The minimum Gasteiger partial charge on any atom is -0.301 e. The molecule has 0 bridgehead atoms. The second-order valence-electron chi connectivity index (χ2n) is 5.74. The van der Waals surface area contributed by atoms with Crippen LogP contribution in [0.2, 0.25) is 10.0 Å². The van der Waals surface area contributed by atoms with Gasteiger partial charge in [-0.1, -0.05) is 29.3 Å². The first kappa shape index (κ1) is 17.9. The first-order valence-electron chi connectivity index (χ1n) is 7.44. The van der Waals surface area contributed by atoms with Crippen LogP contribution in [0, 0.1) is 0 Å². The summed E-state index contributed by atoms with van der Waals surface area (Å²) < 4.78 is 37.9. The molecule has 1 aliphatic heterocycles. The van der Waals surface area contributed by atoms with E-state index in [2.05, 4.69) is 10.4 Å². The van der Waals surface area contributed by atoms with Crippen molar-refractivity contribution in [1.82, 2.24) is 10.4 Å². The Morgan fingerprint density at radius 2 is 1.96 bits per heavy atom. The number of pyridine rings is 1. The van der Waals surface area contributed by atoms with Gasteiger partial charge in [-0.2, -0.15) is 13.2 Å². The van der Waals surface area contributed by atoms with Crippen LogP contribution >= 0.6 is 23.2 Å². The van der Waals surface area contributed by atoms with Gasteiger partial charge in [0.2, 0.25) is 0 Å². The highest BCUT2D eigenvalue weighted by Gasteiger charge is 2.31. The van der Waals surface area contributed by atoms with Gasteiger partial charge < -0.3 is 5.43 Å². The summed E-state index contributed by atoms with van der Waals surface area (Å²) in [5, 5.41) is 2.85. The molecule has 0 atom stereocenters. The number of anilines is 1. The van der Waals surface area contributed by atoms with Crippen LogP contribution in [0.15, 0.2) is 47.8 Å². The molecule has 1 aromatic carbocycles. The molecule has 0 fully saturated rings. The van der Waals surface area contributed by atoms with Gasteiger partial charge in [-0.15, -0.1) is 0 Å². The molecule has 1 N–H and O–H groups in total. The van der Waals surface area contributed by atoms with Crippen molar-refractivity contribution >= 4 is 29.0 Å². The van der Waals surface area contributed by atoms with Crippen LogP contribution in [0.1, 0.15) is 18.1 Å². The largest absolute Gasteiger partial charge is 0.417 e. The van der Waals surface area contributed by atoms with E-state index in [1.807, 2.05) is 13.0 Å². The number of hydrazine groups is 1. The lowest BCUT2D eigenvalue weighted by Crippen LogP contribution is -2.32. The maximum absolute atomic E-state index is 12.6. The van der Waals surface area contributed by atoms with Crippen molar-refractivity contribution in [2.24, 2.45) is 0 Å². The molecule has 2 heterocycles. The zero-order valence-electron chi connectivity index (χ0n) is 13.2. The number of nitrogens with zero attached hydrogens (tertiary/aromatic N) is 2. The fraction of sp³-hybridized carbons (Fsp3) is 0.235. The molecule has 0 saturated heterocycles. The number of alkyl halides is 3. The van der Waals surface area contributed by atoms with Gasteiger partial charge in [-0.05, 0) is 48.7 Å². The summed E-state index contributed by atoms with van der Waals surface area (Å²) in [5.74, 6) is 0.421. The molecule has 2 aromatic rings. The van der Waals surface area contributed by atoms with E-state index in [4.69, 9.17) is 23.2 Å². The molecule has 132 valence electrons. The standard InChI is InChI=1S/C17H14Cl2F3N3/c1-10-12(6-11-2-4-14(18)7-15(11)19)9-25(24-10)16-5-3-13(8-23-16)17(20,21)22/h2-5,7-8,24H,6,9H2,1H3. The Labute approximate surface area is 153 Å².